The molecule has 11 heteroatoms. The molecule has 0 bridgehead atoms. The standard InChI is InChI=1S/C35H39N7O4/c1-3-5-19-42(20-6-4-2)21-9-18-36-33-39-34(41-35(46)40-33)38-25-15-13-24(14-16-25)37-32(45)23-12-17-28-29(22-23)31(44)27-11-8-7-10-26(27)30(28)43/h7-8,10-17,22H,3-6,9,18-21H2,1-2H3,(H,37,45)(H3,36,38,39,40,41,46). The summed E-state index contributed by atoms with van der Waals surface area (Å²) in [6.07, 6.45) is 5.63. The molecule has 4 N–H and O–H groups in total. The zero-order valence-corrected chi connectivity index (χ0v) is 26.2. The van der Waals surface area contributed by atoms with E-state index in [1.807, 2.05) is 0 Å². The molecule has 0 saturated heterocycles. The maximum Gasteiger partial charge on any atom is 0.351 e. The first-order chi connectivity index (χ1) is 22.4. The monoisotopic (exact) mass is 621 g/mol. The second-order valence-electron chi connectivity index (χ2n) is 11.3. The second-order valence-corrected chi connectivity index (χ2v) is 11.3. The number of aromatic amines is 1. The van der Waals surface area contributed by atoms with Gasteiger partial charge in [-0.2, -0.15) is 9.97 Å². The van der Waals surface area contributed by atoms with Crippen molar-refractivity contribution in [1.82, 2.24) is 19.9 Å². The van der Waals surface area contributed by atoms with E-state index in [1.54, 1.807) is 48.5 Å². The van der Waals surface area contributed by atoms with Crippen LogP contribution in [0.25, 0.3) is 0 Å². The van der Waals surface area contributed by atoms with Crippen LogP contribution in [0.15, 0.2) is 71.5 Å². The molecule has 0 aliphatic heterocycles. The molecule has 11 nitrogen and oxygen atoms in total. The first kappa shape index (κ1) is 32.2. The summed E-state index contributed by atoms with van der Waals surface area (Å²) in [7, 11) is 0. The Balaban J connectivity index is 1.16. The Morgan fingerprint density at radius 2 is 1.35 bits per heavy atom. The van der Waals surface area contributed by atoms with Gasteiger partial charge in [0.05, 0.1) is 0 Å². The van der Waals surface area contributed by atoms with Gasteiger partial charge in [0, 0.05) is 45.7 Å². The van der Waals surface area contributed by atoms with Crippen LogP contribution in [-0.4, -0.2) is 63.5 Å². The number of rotatable bonds is 15. The van der Waals surface area contributed by atoms with Gasteiger partial charge in [-0.15, -0.1) is 0 Å². The number of unbranched alkanes of at least 4 members (excludes halogenated alkanes) is 2. The topological polar surface area (TPSA) is 149 Å². The minimum Gasteiger partial charge on any atom is -0.354 e. The molecule has 0 spiro atoms. The first-order valence-electron chi connectivity index (χ1n) is 15.8. The SMILES string of the molecule is CCCCN(CCCC)CCCNc1nc(Nc2ccc(NC(=O)c3ccc4c(c3)C(=O)c3ccccc3C4=O)cc2)[nH]c(=O)n1. The van der Waals surface area contributed by atoms with Crippen LogP contribution >= 0.6 is 0 Å². The third kappa shape index (κ3) is 7.91. The van der Waals surface area contributed by atoms with E-state index in [1.165, 1.54) is 43.9 Å². The zero-order valence-electron chi connectivity index (χ0n) is 26.2. The molecule has 0 fully saturated rings. The van der Waals surface area contributed by atoms with Gasteiger partial charge >= 0.3 is 5.69 Å². The number of ketones is 2. The van der Waals surface area contributed by atoms with Crippen molar-refractivity contribution in [3.8, 4) is 0 Å². The summed E-state index contributed by atoms with van der Waals surface area (Å²) in [6, 6.07) is 18.1. The number of amides is 1. The van der Waals surface area contributed by atoms with Crippen molar-refractivity contribution in [2.24, 2.45) is 0 Å². The molecule has 1 aromatic heterocycles. The lowest BCUT2D eigenvalue weighted by Crippen LogP contribution is -2.28. The maximum absolute atomic E-state index is 13.0. The molecule has 0 unspecified atom stereocenters. The molecule has 5 rings (SSSR count). The van der Waals surface area contributed by atoms with Crippen molar-refractivity contribution >= 4 is 40.7 Å². The second kappa shape index (κ2) is 15.2. The van der Waals surface area contributed by atoms with Crippen LogP contribution in [-0.2, 0) is 0 Å². The molecular weight excluding hydrogens is 582 g/mol. The molecule has 1 amide bonds. The van der Waals surface area contributed by atoms with E-state index in [4.69, 9.17) is 0 Å². The molecule has 46 heavy (non-hydrogen) atoms. The number of benzene rings is 3. The van der Waals surface area contributed by atoms with E-state index in [0.717, 1.165) is 26.1 Å². The van der Waals surface area contributed by atoms with Crippen molar-refractivity contribution in [2.75, 3.05) is 42.1 Å². The quantitative estimate of drug-likeness (QED) is 0.109. The van der Waals surface area contributed by atoms with Crippen LogP contribution in [0.3, 0.4) is 0 Å². The molecule has 3 aromatic carbocycles. The van der Waals surface area contributed by atoms with Crippen LogP contribution in [0.5, 0.6) is 0 Å². The Bertz CT molecular complexity index is 1760. The van der Waals surface area contributed by atoms with Crippen LogP contribution in [0.2, 0.25) is 0 Å². The van der Waals surface area contributed by atoms with Gasteiger partial charge in [0.25, 0.3) is 5.91 Å². The molecule has 0 atom stereocenters. The summed E-state index contributed by atoms with van der Waals surface area (Å²) in [5.74, 6) is -0.454. The summed E-state index contributed by atoms with van der Waals surface area (Å²) in [5, 5.41) is 9.04. The third-order valence-corrected chi connectivity index (χ3v) is 7.83. The number of carbonyl (C=O) groups is 3. The van der Waals surface area contributed by atoms with E-state index < -0.39 is 11.6 Å². The number of hydrogen-bond donors (Lipinski definition) is 4. The lowest BCUT2D eigenvalue weighted by molar-refractivity contribution is 0.0978. The van der Waals surface area contributed by atoms with Gasteiger partial charge in [-0.3, -0.25) is 19.4 Å². The highest BCUT2D eigenvalue weighted by atomic mass is 16.2. The number of nitrogens with zero attached hydrogens (tertiary/aromatic N) is 3. The summed E-state index contributed by atoms with van der Waals surface area (Å²) in [4.78, 5) is 64.6. The molecule has 1 heterocycles. The average Bonchev–Trinajstić information content (AvgIpc) is 3.06. The van der Waals surface area contributed by atoms with Crippen molar-refractivity contribution in [2.45, 2.75) is 46.0 Å². The fourth-order valence-electron chi connectivity index (χ4n) is 5.34. The van der Waals surface area contributed by atoms with Gasteiger partial charge in [0.1, 0.15) is 0 Å². The number of hydrogen-bond acceptors (Lipinski definition) is 9. The molecule has 238 valence electrons. The van der Waals surface area contributed by atoms with Crippen LogP contribution in [0.1, 0.15) is 88.2 Å². The number of anilines is 4. The van der Waals surface area contributed by atoms with Crippen LogP contribution in [0.4, 0.5) is 23.3 Å². The Kier molecular flexibility index (Phi) is 10.7. The summed E-state index contributed by atoms with van der Waals surface area (Å²) in [6.45, 7) is 8.22. The lowest BCUT2D eigenvalue weighted by atomic mass is 9.83. The third-order valence-electron chi connectivity index (χ3n) is 7.83. The van der Waals surface area contributed by atoms with E-state index in [0.29, 0.717) is 29.0 Å². The normalized spacial score (nSPS) is 12.1. The number of nitrogens with one attached hydrogen (secondary N) is 4. The Labute approximate surface area is 267 Å². The predicted octanol–water partition coefficient (Wildman–Crippen LogP) is 5.64. The molecule has 0 radical (unpaired) electrons. The summed E-state index contributed by atoms with van der Waals surface area (Å²) in [5.41, 5.74) is 2.09. The fourth-order valence-corrected chi connectivity index (χ4v) is 5.34. The van der Waals surface area contributed by atoms with Crippen LogP contribution in [0, 0.1) is 0 Å². The summed E-state index contributed by atoms with van der Waals surface area (Å²) < 4.78 is 0. The van der Waals surface area contributed by atoms with Crippen molar-refractivity contribution < 1.29 is 14.4 Å². The Morgan fingerprint density at radius 1 is 0.739 bits per heavy atom. The van der Waals surface area contributed by atoms with Crippen molar-refractivity contribution in [3.05, 3.63) is 105 Å². The number of fused-ring (bicyclic) bond motifs is 2. The van der Waals surface area contributed by atoms with Crippen LogP contribution < -0.4 is 21.6 Å². The Morgan fingerprint density at radius 3 is 2.02 bits per heavy atom. The molecule has 0 saturated carbocycles. The minimum atomic E-state index is -0.523. The Hall–Kier alpha value is -5.16. The summed E-state index contributed by atoms with van der Waals surface area (Å²) >= 11 is 0. The fraction of sp³-hybridized carbons (Fsp3) is 0.314. The van der Waals surface area contributed by atoms with E-state index in [-0.39, 0.29) is 40.2 Å². The maximum atomic E-state index is 13.0. The van der Waals surface area contributed by atoms with E-state index >= 15 is 0 Å². The highest BCUT2D eigenvalue weighted by molar-refractivity contribution is 6.28. The number of aromatic nitrogens is 3. The number of H-pyrrole nitrogens is 1. The van der Waals surface area contributed by atoms with E-state index in [9.17, 15) is 19.2 Å². The van der Waals surface area contributed by atoms with Gasteiger partial charge < -0.3 is 20.9 Å². The molecule has 1 aliphatic carbocycles. The molecule has 4 aromatic rings. The van der Waals surface area contributed by atoms with Gasteiger partial charge in [-0.25, -0.2) is 4.79 Å². The van der Waals surface area contributed by atoms with Gasteiger partial charge in [-0.05, 0) is 81.4 Å². The zero-order chi connectivity index (χ0) is 32.5. The highest BCUT2D eigenvalue weighted by Crippen LogP contribution is 2.28. The molecule has 1 aliphatic rings. The van der Waals surface area contributed by atoms with Crippen molar-refractivity contribution in [3.63, 3.8) is 0 Å². The lowest BCUT2D eigenvalue weighted by Gasteiger charge is -2.21. The van der Waals surface area contributed by atoms with E-state index in [2.05, 4.69) is 49.6 Å². The minimum absolute atomic E-state index is 0.213. The predicted molar refractivity (Wildman–Crippen MR) is 179 cm³/mol. The first-order valence-corrected chi connectivity index (χ1v) is 15.8. The highest BCUT2D eigenvalue weighted by Gasteiger charge is 2.30. The van der Waals surface area contributed by atoms with Gasteiger partial charge in [0.15, 0.2) is 11.6 Å². The van der Waals surface area contributed by atoms with Gasteiger partial charge in [-0.1, -0.05) is 51.0 Å². The number of carbonyl (C=O) groups excluding carboxylic acids is 3. The smallest absolute Gasteiger partial charge is 0.351 e. The van der Waals surface area contributed by atoms with Gasteiger partial charge in [0.2, 0.25) is 11.9 Å². The largest absolute Gasteiger partial charge is 0.354 e. The molecular formula is C35H39N7O4. The average molecular weight is 622 g/mol. The van der Waals surface area contributed by atoms with Crippen molar-refractivity contribution in [1.29, 1.82) is 0 Å².